The van der Waals surface area contributed by atoms with Crippen molar-refractivity contribution in [3.8, 4) is 0 Å². The van der Waals surface area contributed by atoms with Crippen molar-refractivity contribution in [2.45, 2.75) is 11.7 Å². The number of aryl methyl sites for hydroxylation is 1. The van der Waals surface area contributed by atoms with Crippen LogP contribution in [0.5, 0.6) is 0 Å². The Morgan fingerprint density at radius 1 is 1.59 bits per heavy atom. The van der Waals surface area contributed by atoms with Crippen LogP contribution in [0.1, 0.15) is 5.82 Å². The van der Waals surface area contributed by atoms with E-state index in [1.165, 1.54) is 6.33 Å². The zero-order chi connectivity index (χ0) is 12.3. The molecule has 0 saturated heterocycles. The molecule has 8 nitrogen and oxygen atoms in total. The van der Waals surface area contributed by atoms with Gasteiger partial charge in [0, 0.05) is 7.05 Å². The topological polar surface area (TPSA) is 98.7 Å². The molecule has 0 fully saturated rings. The quantitative estimate of drug-likeness (QED) is 0.727. The number of nitrogens with zero attached hydrogens (tertiary/aromatic N) is 6. The smallest absolute Gasteiger partial charge is 0.313 e. The first-order valence-corrected chi connectivity index (χ1v) is 5.70. The minimum atomic E-state index is -0.879. The van der Waals surface area contributed by atoms with Crippen LogP contribution in [-0.4, -0.2) is 46.4 Å². The van der Waals surface area contributed by atoms with Gasteiger partial charge >= 0.3 is 5.97 Å². The van der Waals surface area contributed by atoms with E-state index in [1.807, 2.05) is 0 Å². The van der Waals surface area contributed by atoms with Gasteiger partial charge in [-0.3, -0.25) is 4.79 Å². The fourth-order valence-corrected chi connectivity index (χ4v) is 1.85. The summed E-state index contributed by atoms with van der Waals surface area (Å²) in [5.74, 6) is -0.336. The molecule has 9 heteroatoms. The van der Waals surface area contributed by atoms with Crippen molar-refractivity contribution in [2.75, 3.05) is 5.75 Å². The molecular formula is C8H10N6O2S. The maximum atomic E-state index is 10.4. The second-order valence-corrected chi connectivity index (χ2v) is 4.15. The summed E-state index contributed by atoms with van der Waals surface area (Å²) in [5.41, 5.74) is 0. The lowest BCUT2D eigenvalue weighted by molar-refractivity contribution is -0.133. The highest BCUT2D eigenvalue weighted by molar-refractivity contribution is 7.99. The van der Waals surface area contributed by atoms with E-state index in [-0.39, 0.29) is 5.75 Å². The Balaban J connectivity index is 2.05. The maximum absolute atomic E-state index is 10.4. The molecule has 0 saturated carbocycles. The average molecular weight is 254 g/mol. The van der Waals surface area contributed by atoms with Crippen molar-refractivity contribution in [3.63, 3.8) is 0 Å². The Morgan fingerprint density at radius 3 is 3.06 bits per heavy atom. The molecule has 0 bridgehead atoms. The number of rotatable bonds is 5. The van der Waals surface area contributed by atoms with Crippen LogP contribution < -0.4 is 0 Å². The van der Waals surface area contributed by atoms with Crippen LogP contribution in [0.2, 0.25) is 0 Å². The highest BCUT2D eigenvalue weighted by atomic mass is 32.2. The molecular weight excluding hydrogens is 244 g/mol. The minimum absolute atomic E-state index is 0.0324. The average Bonchev–Trinajstić information content (AvgIpc) is 2.86. The summed E-state index contributed by atoms with van der Waals surface area (Å²) in [6.07, 6.45) is 3.00. The molecule has 0 unspecified atom stereocenters. The van der Waals surface area contributed by atoms with Crippen molar-refractivity contribution < 1.29 is 9.90 Å². The van der Waals surface area contributed by atoms with Crippen molar-refractivity contribution in [2.24, 2.45) is 7.05 Å². The molecule has 2 heterocycles. The molecule has 0 spiro atoms. The highest BCUT2D eigenvalue weighted by Gasteiger charge is 2.10. The van der Waals surface area contributed by atoms with Gasteiger partial charge in [0.15, 0.2) is 11.0 Å². The number of carboxylic acid groups (broad SMARTS) is 1. The Bertz CT molecular complexity index is 508. The second kappa shape index (κ2) is 4.95. The van der Waals surface area contributed by atoms with Gasteiger partial charge in [-0.15, -0.1) is 0 Å². The summed E-state index contributed by atoms with van der Waals surface area (Å²) >= 11 is 1.13. The maximum Gasteiger partial charge on any atom is 0.313 e. The first kappa shape index (κ1) is 11.6. The number of hydrogen-bond donors (Lipinski definition) is 1. The zero-order valence-electron chi connectivity index (χ0n) is 9.02. The Morgan fingerprint density at radius 2 is 2.41 bits per heavy atom. The van der Waals surface area contributed by atoms with E-state index < -0.39 is 5.97 Å². The van der Waals surface area contributed by atoms with Crippen molar-refractivity contribution in [1.82, 2.24) is 29.5 Å². The molecule has 17 heavy (non-hydrogen) atoms. The van der Waals surface area contributed by atoms with Gasteiger partial charge in [-0.25, -0.2) is 19.3 Å². The second-order valence-electron chi connectivity index (χ2n) is 3.21. The highest BCUT2D eigenvalue weighted by Crippen LogP contribution is 2.14. The van der Waals surface area contributed by atoms with Crippen LogP contribution >= 0.6 is 11.8 Å². The lowest BCUT2D eigenvalue weighted by Crippen LogP contribution is -2.02. The zero-order valence-corrected chi connectivity index (χ0v) is 9.83. The normalized spacial score (nSPS) is 10.6. The predicted molar refractivity (Wildman–Crippen MR) is 58.5 cm³/mol. The molecule has 0 atom stereocenters. The number of carboxylic acids is 1. The first-order chi connectivity index (χ1) is 8.15. The standard InChI is InChI=1S/C8H10N6O2S/c1-13-8(17-3-7(15)16)11-6(12-13)2-14-5-9-4-10-14/h4-5H,2-3H2,1H3,(H,15,16). The van der Waals surface area contributed by atoms with Gasteiger partial charge in [0.25, 0.3) is 0 Å². The molecule has 2 aromatic rings. The fraction of sp³-hybridized carbons (Fsp3) is 0.375. The number of carbonyl (C=O) groups is 1. The van der Waals surface area contributed by atoms with Crippen molar-refractivity contribution in [1.29, 1.82) is 0 Å². The van der Waals surface area contributed by atoms with E-state index in [0.717, 1.165) is 11.8 Å². The Hall–Kier alpha value is -1.90. The third-order valence-electron chi connectivity index (χ3n) is 1.86. The van der Waals surface area contributed by atoms with Crippen LogP contribution in [0, 0.1) is 0 Å². The van der Waals surface area contributed by atoms with Crippen molar-refractivity contribution >= 4 is 17.7 Å². The fourth-order valence-electron chi connectivity index (χ4n) is 1.20. The van der Waals surface area contributed by atoms with E-state index in [0.29, 0.717) is 17.5 Å². The van der Waals surface area contributed by atoms with Crippen LogP contribution in [0.25, 0.3) is 0 Å². The summed E-state index contributed by atoms with van der Waals surface area (Å²) in [4.78, 5) is 18.5. The van der Waals surface area contributed by atoms with E-state index in [9.17, 15) is 4.79 Å². The summed E-state index contributed by atoms with van der Waals surface area (Å²) < 4.78 is 3.15. The molecule has 0 amide bonds. The molecule has 0 aliphatic heterocycles. The van der Waals surface area contributed by atoms with Gasteiger partial charge in [-0.05, 0) is 0 Å². The molecule has 2 rings (SSSR count). The van der Waals surface area contributed by atoms with E-state index in [1.54, 1.807) is 22.7 Å². The van der Waals surface area contributed by atoms with Gasteiger partial charge < -0.3 is 5.11 Å². The van der Waals surface area contributed by atoms with E-state index in [4.69, 9.17) is 5.11 Å². The van der Waals surface area contributed by atoms with E-state index >= 15 is 0 Å². The van der Waals surface area contributed by atoms with Gasteiger partial charge in [-0.2, -0.15) is 10.2 Å². The molecule has 90 valence electrons. The lowest BCUT2D eigenvalue weighted by atomic mass is 10.6. The lowest BCUT2D eigenvalue weighted by Gasteiger charge is -1.94. The van der Waals surface area contributed by atoms with Crippen LogP contribution in [0.4, 0.5) is 0 Å². The summed E-state index contributed by atoms with van der Waals surface area (Å²) in [6.45, 7) is 0.418. The molecule has 0 aliphatic rings. The predicted octanol–water partition coefficient (Wildman–Crippen LogP) is -0.368. The van der Waals surface area contributed by atoms with Crippen LogP contribution in [0.15, 0.2) is 17.8 Å². The van der Waals surface area contributed by atoms with Gasteiger partial charge in [-0.1, -0.05) is 11.8 Å². The molecule has 0 radical (unpaired) electrons. The third-order valence-corrected chi connectivity index (χ3v) is 2.87. The van der Waals surface area contributed by atoms with Crippen LogP contribution in [-0.2, 0) is 18.4 Å². The molecule has 0 aliphatic carbocycles. The number of aromatic nitrogens is 6. The monoisotopic (exact) mass is 254 g/mol. The van der Waals surface area contributed by atoms with Gasteiger partial charge in [0.1, 0.15) is 19.2 Å². The molecule has 2 aromatic heterocycles. The SMILES string of the molecule is Cn1nc(Cn2cncn2)nc1SCC(=O)O. The first-order valence-electron chi connectivity index (χ1n) is 4.72. The Labute approximate surface area is 101 Å². The Kier molecular flexibility index (Phi) is 3.38. The largest absolute Gasteiger partial charge is 0.481 e. The van der Waals surface area contributed by atoms with Gasteiger partial charge in [0.05, 0.1) is 5.75 Å². The number of thioether (sulfide) groups is 1. The summed E-state index contributed by atoms with van der Waals surface area (Å²) in [7, 11) is 1.72. The summed E-state index contributed by atoms with van der Waals surface area (Å²) in [6, 6.07) is 0. The molecule has 0 aromatic carbocycles. The van der Waals surface area contributed by atoms with Crippen LogP contribution in [0.3, 0.4) is 0 Å². The van der Waals surface area contributed by atoms with E-state index in [2.05, 4.69) is 20.2 Å². The molecule has 1 N–H and O–H groups in total. The minimum Gasteiger partial charge on any atom is -0.481 e. The van der Waals surface area contributed by atoms with Crippen molar-refractivity contribution in [3.05, 3.63) is 18.5 Å². The summed E-state index contributed by atoms with van der Waals surface area (Å²) in [5, 5.41) is 17.3. The third kappa shape index (κ3) is 3.03. The van der Waals surface area contributed by atoms with Gasteiger partial charge in [0.2, 0.25) is 0 Å². The number of aliphatic carboxylic acids is 1. The number of hydrogen-bond acceptors (Lipinski definition) is 6.